The van der Waals surface area contributed by atoms with Crippen LogP contribution in [0, 0.1) is 0 Å². The second-order valence-corrected chi connectivity index (χ2v) is 4.02. The maximum absolute atomic E-state index is 5.67. The average molecular weight is 245 g/mol. The number of benzene rings is 1. The van der Waals surface area contributed by atoms with Crippen molar-refractivity contribution in [1.29, 1.82) is 0 Å². The Kier molecular flexibility index (Phi) is 4.78. The number of imidazole rings is 1. The Morgan fingerprint density at radius 3 is 2.89 bits per heavy atom. The average Bonchev–Trinajstić information content (AvgIpc) is 2.85. The van der Waals surface area contributed by atoms with E-state index in [-0.39, 0.29) is 0 Å². The molecule has 0 radical (unpaired) electrons. The number of nitrogens with zero attached hydrogens (tertiary/aromatic N) is 2. The fourth-order valence-corrected chi connectivity index (χ4v) is 1.73. The summed E-state index contributed by atoms with van der Waals surface area (Å²) in [5.41, 5.74) is 1.19. The zero-order chi connectivity index (χ0) is 12.6. The maximum atomic E-state index is 5.67. The fraction of sp³-hybridized carbons (Fsp3) is 0.357. The van der Waals surface area contributed by atoms with Gasteiger partial charge in [-0.15, -0.1) is 0 Å². The van der Waals surface area contributed by atoms with Gasteiger partial charge in [-0.05, 0) is 18.7 Å². The molecule has 0 aliphatic heterocycles. The van der Waals surface area contributed by atoms with Crippen molar-refractivity contribution in [3.63, 3.8) is 0 Å². The van der Waals surface area contributed by atoms with Gasteiger partial charge in [-0.1, -0.05) is 25.1 Å². The van der Waals surface area contributed by atoms with Gasteiger partial charge in [0.2, 0.25) is 0 Å². The Morgan fingerprint density at radius 1 is 1.28 bits per heavy atom. The van der Waals surface area contributed by atoms with Crippen molar-refractivity contribution in [2.24, 2.45) is 0 Å². The number of rotatable bonds is 7. The Hall–Kier alpha value is -1.81. The van der Waals surface area contributed by atoms with Crippen LogP contribution >= 0.6 is 0 Å². The summed E-state index contributed by atoms with van der Waals surface area (Å²) in [6.07, 6.45) is 3.74. The SMILES string of the molecule is CCNCc1cncn1CCOc1ccccc1. The molecule has 2 rings (SSSR count). The highest BCUT2D eigenvalue weighted by molar-refractivity contribution is 5.20. The van der Waals surface area contributed by atoms with E-state index >= 15 is 0 Å². The molecule has 0 saturated carbocycles. The first kappa shape index (κ1) is 12.6. The summed E-state index contributed by atoms with van der Waals surface area (Å²) in [5, 5.41) is 3.30. The third-order valence-electron chi connectivity index (χ3n) is 2.70. The molecule has 1 aromatic carbocycles. The summed E-state index contributed by atoms with van der Waals surface area (Å²) in [7, 11) is 0. The smallest absolute Gasteiger partial charge is 0.119 e. The molecule has 4 nitrogen and oxygen atoms in total. The molecule has 0 amide bonds. The van der Waals surface area contributed by atoms with E-state index in [1.165, 1.54) is 5.69 Å². The van der Waals surface area contributed by atoms with Crippen LogP contribution in [-0.2, 0) is 13.1 Å². The molecule has 4 heteroatoms. The van der Waals surface area contributed by atoms with Crippen LogP contribution in [0.25, 0.3) is 0 Å². The van der Waals surface area contributed by atoms with Crippen LogP contribution in [0.2, 0.25) is 0 Å². The molecule has 1 aromatic heterocycles. The van der Waals surface area contributed by atoms with Gasteiger partial charge in [0.25, 0.3) is 0 Å². The first-order valence-electron chi connectivity index (χ1n) is 6.27. The molecule has 18 heavy (non-hydrogen) atoms. The second kappa shape index (κ2) is 6.81. The largest absolute Gasteiger partial charge is 0.492 e. The number of hydrogen-bond acceptors (Lipinski definition) is 3. The van der Waals surface area contributed by atoms with Gasteiger partial charge >= 0.3 is 0 Å². The van der Waals surface area contributed by atoms with Crippen LogP contribution in [0.5, 0.6) is 5.75 Å². The summed E-state index contributed by atoms with van der Waals surface area (Å²) in [6.45, 7) is 5.38. The van der Waals surface area contributed by atoms with Crippen LogP contribution in [0.4, 0.5) is 0 Å². The summed E-state index contributed by atoms with van der Waals surface area (Å²) >= 11 is 0. The van der Waals surface area contributed by atoms with E-state index in [1.54, 1.807) is 0 Å². The monoisotopic (exact) mass is 245 g/mol. The third-order valence-corrected chi connectivity index (χ3v) is 2.70. The van der Waals surface area contributed by atoms with Gasteiger partial charge in [0, 0.05) is 12.7 Å². The molecular formula is C14H19N3O. The minimum atomic E-state index is 0.652. The number of hydrogen-bond donors (Lipinski definition) is 1. The van der Waals surface area contributed by atoms with Gasteiger partial charge in [-0.2, -0.15) is 0 Å². The lowest BCUT2D eigenvalue weighted by molar-refractivity contribution is 0.296. The topological polar surface area (TPSA) is 39.1 Å². The molecule has 0 aliphatic carbocycles. The Balaban J connectivity index is 1.81. The number of para-hydroxylation sites is 1. The van der Waals surface area contributed by atoms with Crippen LogP contribution < -0.4 is 10.1 Å². The normalized spacial score (nSPS) is 10.5. The minimum absolute atomic E-state index is 0.652. The van der Waals surface area contributed by atoms with Gasteiger partial charge < -0.3 is 14.6 Å². The van der Waals surface area contributed by atoms with Crippen LogP contribution in [0.3, 0.4) is 0 Å². The summed E-state index contributed by atoms with van der Waals surface area (Å²) in [6, 6.07) is 9.87. The Labute approximate surface area is 108 Å². The quantitative estimate of drug-likeness (QED) is 0.811. The first-order valence-corrected chi connectivity index (χ1v) is 6.27. The van der Waals surface area contributed by atoms with Crippen LogP contribution in [0.15, 0.2) is 42.9 Å². The van der Waals surface area contributed by atoms with E-state index in [0.29, 0.717) is 6.61 Å². The molecule has 0 aliphatic rings. The van der Waals surface area contributed by atoms with E-state index in [4.69, 9.17) is 4.74 Å². The van der Waals surface area contributed by atoms with E-state index < -0.39 is 0 Å². The highest BCUT2D eigenvalue weighted by atomic mass is 16.5. The van der Waals surface area contributed by atoms with Crippen LogP contribution in [0.1, 0.15) is 12.6 Å². The van der Waals surface area contributed by atoms with E-state index in [1.807, 2.05) is 42.9 Å². The lowest BCUT2D eigenvalue weighted by atomic mass is 10.3. The maximum Gasteiger partial charge on any atom is 0.119 e. The summed E-state index contributed by atoms with van der Waals surface area (Å²) in [5.74, 6) is 0.908. The molecule has 0 spiro atoms. The van der Waals surface area contributed by atoms with Gasteiger partial charge in [0.05, 0.1) is 18.6 Å². The third kappa shape index (κ3) is 3.60. The number of nitrogens with one attached hydrogen (secondary N) is 1. The van der Waals surface area contributed by atoms with Crippen molar-refractivity contribution in [2.45, 2.75) is 20.0 Å². The Morgan fingerprint density at radius 2 is 2.11 bits per heavy atom. The van der Waals surface area contributed by atoms with Gasteiger partial charge in [0.15, 0.2) is 0 Å². The fourth-order valence-electron chi connectivity index (χ4n) is 1.73. The van der Waals surface area contributed by atoms with Gasteiger partial charge in [0.1, 0.15) is 12.4 Å². The van der Waals surface area contributed by atoms with Gasteiger partial charge in [-0.25, -0.2) is 4.98 Å². The molecule has 1 heterocycles. The van der Waals surface area contributed by atoms with Crippen molar-refractivity contribution in [3.05, 3.63) is 48.5 Å². The zero-order valence-corrected chi connectivity index (χ0v) is 10.7. The van der Waals surface area contributed by atoms with E-state index in [0.717, 1.165) is 25.4 Å². The molecule has 0 saturated heterocycles. The summed E-state index contributed by atoms with van der Waals surface area (Å²) in [4.78, 5) is 4.17. The highest BCUT2D eigenvalue weighted by Crippen LogP contribution is 2.08. The molecule has 96 valence electrons. The molecule has 1 N–H and O–H groups in total. The van der Waals surface area contributed by atoms with Gasteiger partial charge in [-0.3, -0.25) is 0 Å². The lowest BCUT2D eigenvalue weighted by Gasteiger charge is -2.09. The molecule has 0 atom stereocenters. The van der Waals surface area contributed by atoms with Crippen molar-refractivity contribution in [3.8, 4) is 5.75 Å². The predicted molar refractivity (Wildman–Crippen MR) is 71.5 cm³/mol. The molecular weight excluding hydrogens is 226 g/mol. The summed E-state index contributed by atoms with van der Waals surface area (Å²) < 4.78 is 7.79. The molecule has 0 unspecified atom stereocenters. The van der Waals surface area contributed by atoms with Crippen molar-refractivity contribution >= 4 is 0 Å². The van der Waals surface area contributed by atoms with Crippen molar-refractivity contribution in [1.82, 2.24) is 14.9 Å². The highest BCUT2D eigenvalue weighted by Gasteiger charge is 2.01. The predicted octanol–water partition coefficient (Wildman–Crippen LogP) is 2.07. The van der Waals surface area contributed by atoms with Crippen molar-refractivity contribution in [2.75, 3.05) is 13.2 Å². The lowest BCUT2D eigenvalue weighted by Crippen LogP contribution is -2.17. The standard InChI is InChI=1S/C14H19N3O/c1-2-15-10-13-11-16-12-17(13)8-9-18-14-6-4-3-5-7-14/h3-7,11-12,15H,2,8-10H2,1H3. The zero-order valence-electron chi connectivity index (χ0n) is 10.7. The van der Waals surface area contributed by atoms with Crippen molar-refractivity contribution < 1.29 is 4.74 Å². The van der Waals surface area contributed by atoms with E-state index in [2.05, 4.69) is 21.8 Å². The first-order chi connectivity index (χ1) is 8.90. The minimum Gasteiger partial charge on any atom is -0.492 e. The van der Waals surface area contributed by atoms with Crippen LogP contribution in [-0.4, -0.2) is 22.7 Å². The molecule has 2 aromatic rings. The molecule has 0 fully saturated rings. The number of aromatic nitrogens is 2. The molecule has 0 bridgehead atoms. The second-order valence-electron chi connectivity index (χ2n) is 4.02. The number of ether oxygens (including phenoxy) is 1. The Bertz CT molecular complexity index is 453. The van der Waals surface area contributed by atoms with E-state index in [9.17, 15) is 0 Å².